The Morgan fingerprint density at radius 3 is 2.24 bits per heavy atom. The van der Waals surface area contributed by atoms with E-state index in [1.54, 1.807) is 24.3 Å². The van der Waals surface area contributed by atoms with E-state index < -0.39 is 17.8 Å². The zero-order valence-corrected chi connectivity index (χ0v) is 14.1. The number of hydrogen-bond acceptors (Lipinski definition) is 5. The van der Waals surface area contributed by atoms with Gasteiger partial charge in [0.15, 0.2) is 0 Å². The molecular formula is C19H13NO4S. The standard InChI is InChI=1S/C19H13NO4S/c1-2-11-12-7-5-6-10-15(12)25-16(11)19(23)24-20-17(21)13-8-3-4-9-14(13)18(20)22/h3-10H,2H2,1H3. The normalized spacial score (nSPS) is 13.4. The largest absolute Gasteiger partial charge is 0.374 e. The van der Waals surface area contributed by atoms with Crippen LogP contribution in [-0.2, 0) is 11.3 Å². The van der Waals surface area contributed by atoms with Gasteiger partial charge in [0.25, 0.3) is 11.8 Å². The van der Waals surface area contributed by atoms with E-state index in [2.05, 4.69) is 0 Å². The Hall–Kier alpha value is -2.99. The molecule has 124 valence electrons. The molecule has 0 unspecified atom stereocenters. The minimum Gasteiger partial charge on any atom is -0.323 e. The third-order valence-electron chi connectivity index (χ3n) is 4.17. The molecule has 3 aromatic rings. The maximum absolute atomic E-state index is 12.6. The van der Waals surface area contributed by atoms with E-state index in [9.17, 15) is 14.4 Å². The summed E-state index contributed by atoms with van der Waals surface area (Å²) in [6.45, 7) is 1.95. The molecule has 0 atom stereocenters. The number of hydrogen-bond donors (Lipinski definition) is 0. The molecule has 0 radical (unpaired) electrons. The lowest BCUT2D eigenvalue weighted by Gasteiger charge is -2.12. The van der Waals surface area contributed by atoms with Gasteiger partial charge >= 0.3 is 5.97 Å². The van der Waals surface area contributed by atoms with Crippen LogP contribution in [0.25, 0.3) is 10.1 Å². The Morgan fingerprint density at radius 1 is 1.00 bits per heavy atom. The van der Waals surface area contributed by atoms with Crippen LogP contribution in [-0.4, -0.2) is 22.8 Å². The van der Waals surface area contributed by atoms with E-state index in [-0.39, 0.29) is 11.1 Å². The highest BCUT2D eigenvalue weighted by Crippen LogP contribution is 2.33. The molecule has 1 aliphatic heterocycles. The second-order valence-electron chi connectivity index (χ2n) is 5.59. The van der Waals surface area contributed by atoms with Gasteiger partial charge in [0.2, 0.25) is 0 Å². The fraction of sp³-hybridized carbons (Fsp3) is 0.105. The minimum absolute atomic E-state index is 0.243. The first-order valence-corrected chi connectivity index (χ1v) is 8.64. The topological polar surface area (TPSA) is 63.7 Å². The van der Waals surface area contributed by atoms with Crippen LogP contribution < -0.4 is 0 Å². The maximum Gasteiger partial charge on any atom is 0.374 e. The van der Waals surface area contributed by atoms with Crippen LogP contribution in [0.1, 0.15) is 42.9 Å². The number of benzene rings is 2. The first-order valence-electron chi connectivity index (χ1n) is 7.82. The SMILES string of the molecule is CCc1c(C(=O)ON2C(=O)c3ccccc3C2=O)sc2ccccc12. The Morgan fingerprint density at radius 2 is 1.60 bits per heavy atom. The summed E-state index contributed by atoms with van der Waals surface area (Å²) in [7, 11) is 0. The number of hydroxylamine groups is 2. The highest BCUT2D eigenvalue weighted by atomic mass is 32.1. The van der Waals surface area contributed by atoms with E-state index in [0.29, 0.717) is 16.4 Å². The summed E-state index contributed by atoms with van der Waals surface area (Å²) in [5.74, 6) is -1.92. The fourth-order valence-corrected chi connectivity index (χ4v) is 4.15. The van der Waals surface area contributed by atoms with Crippen LogP contribution in [0.5, 0.6) is 0 Å². The van der Waals surface area contributed by atoms with Crippen LogP contribution >= 0.6 is 11.3 Å². The van der Waals surface area contributed by atoms with Crippen LogP contribution in [0, 0.1) is 0 Å². The molecule has 0 spiro atoms. The molecule has 0 saturated heterocycles. The third kappa shape index (κ3) is 2.34. The van der Waals surface area contributed by atoms with Gasteiger partial charge in [0.05, 0.1) is 11.1 Å². The molecular weight excluding hydrogens is 338 g/mol. The van der Waals surface area contributed by atoms with Gasteiger partial charge in [-0.05, 0) is 35.6 Å². The molecule has 2 heterocycles. The molecule has 6 heteroatoms. The van der Waals surface area contributed by atoms with Crippen molar-refractivity contribution in [2.45, 2.75) is 13.3 Å². The summed E-state index contributed by atoms with van der Waals surface area (Å²) in [5, 5.41) is 1.54. The first-order chi connectivity index (χ1) is 12.1. The van der Waals surface area contributed by atoms with Crippen LogP contribution in [0.4, 0.5) is 0 Å². The van der Waals surface area contributed by atoms with E-state index >= 15 is 0 Å². The average molecular weight is 351 g/mol. The Balaban J connectivity index is 1.68. The Labute approximate surface area is 147 Å². The van der Waals surface area contributed by atoms with Crippen molar-refractivity contribution in [2.24, 2.45) is 0 Å². The number of carbonyl (C=O) groups is 3. The number of amides is 2. The van der Waals surface area contributed by atoms with Gasteiger partial charge in [-0.25, -0.2) is 4.79 Å². The molecule has 0 bridgehead atoms. The second kappa shape index (κ2) is 5.82. The predicted octanol–water partition coefficient (Wildman–Crippen LogP) is 3.83. The smallest absolute Gasteiger partial charge is 0.323 e. The number of aryl methyl sites for hydroxylation is 1. The summed E-state index contributed by atoms with van der Waals surface area (Å²) in [5.41, 5.74) is 1.35. The number of fused-ring (bicyclic) bond motifs is 2. The van der Waals surface area contributed by atoms with Crippen molar-refractivity contribution in [3.63, 3.8) is 0 Å². The van der Waals surface area contributed by atoms with Gasteiger partial charge in [-0.1, -0.05) is 42.3 Å². The lowest BCUT2D eigenvalue weighted by molar-refractivity contribution is -0.0581. The summed E-state index contributed by atoms with van der Waals surface area (Å²) in [6, 6.07) is 14.1. The monoisotopic (exact) mass is 351 g/mol. The summed E-state index contributed by atoms with van der Waals surface area (Å²) in [4.78, 5) is 42.9. The summed E-state index contributed by atoms with van der Waals surface area (Å²) in [6.07, 6.45) is 0.649. The minimum atomic E-state index is -0.687. The molecule has 2 amide bonds. The highest BCUT2D eigenvalue weighted by Gasteiger charge is 2.39. The Bertz CT molecular complexity index is 1000. The average Bonchev–Trinajstić information content (AvgIpc) is 3.13. The van der Waals surface area contributed by atoms with Gasteiger partial charge < -0.3 is 4.84 Å². The third-order valence-corrected chi connectivity index (χ3v) is 5.36. The lowest BCUT2D eigenvalue weighted by atomic mass is 10.1. The van der Waals surface area contributed by atoms with E-state index in [4.69, 9.17) is 4.84 Å². The molecule has 0 fully saturated rings. The number of imide groups is 1. The maximum atomic E-state index is 12.6. The molecule has 4 rings (SSSR count). The zero-order chi connectivity index (χ0) is 17.6. The van der Waals surface area contributed by atoms with Crippen molar-refractivity contribution >= 4 is 39.2 Å². The lowest BCUT2D eigenvalue weighted by Crippen LogP contribution is -2.32. The first kappa shape index (κ1) is 15.5. The van der Waals surface area contributed by atoms with Gasteiger partial charge in [0, 0.05) is 4.70 Å². The quantitative estimate of drug-likeness (QED) is 0.673. The number of nitrogens with zero attached hydrogens (tertiary/aromatic N) is 1. The zero-order valence-electron chi connectivity index (χ0n) is 13.3. The number of rotatable bonds is 3. The van der Waals surface area contributed by atoms with Crippen molar-refractivity contribution in [1.82, 2.24) is 5.06 Å². The Kier molecular flexibility index (Phi) is 3.62. The van der Waals surface area contributed by atoms with Gasteiger partial charge in [-0.2, -0.15) is 0 Å². The number of carbonyl (C=O) groups excluding carboxylic acids is 3. The van der Waals surface area contributed by atoms with Gasteiger partial charge in [0.1, 0.15) is 4.88 Å². The highest BCUT2D eigenvalue weighted by molar-refractivity contribution is 7.21. The fourth-order valence-electron chi connectivity index (χ4n) is 2.99. The molecule has 0 aliphatic carbocycles. The molecule has 5 nitrogen and oxygen atoms in total. The molecule has 25 heavy (non-hydrogen) atoms. The molecule has 0 saturated carbocycles. The molecule has 1 aromatic heterocycles. The van der Waals surface area contributed by atoms with Crippen molar-refractivity contribution < 1.29 is 19.2 Å². The predicted molar refractivity (Wildman–Crippen MR) is 93.6 cm³/mol. The van der Waals surface area contributed by atoms with Crippen LogP contribution in [0.15, 0.2) is 48.5 Å². The van der Waals surface area contributed by atoms with Crippen molar-refractivity contribution in [3.8, 4) is 0 Å². The van der Waals surface area contributed by atoms with Crippen molar-refractivity contribution in [1.29, 1.82) is 0 Å². The van der Waals surface area contributed by atoms with E-state index in [1.807, 2.05) is 31.2 Å². The molecule has 2 aromatic carbocycles. The van der Waals surface area contributed by atoms with Gasteiger partial charge in [-0.15, -0.1) is 11.3 Å². The summed E-state index contributed by atoms with van der Waals surface area (Å²) >= 11 is 1.30. The molecule has 0 N–H and O–H groups in total. The number of thiophene rings is 1. The van der Waals surface area contributed by atoms with E-state index in [0.717, 1.165) is 15.6 Å². The van der Waals surface area contributed by atoms with E-state index in [1.165, 1.54) is 11.3 Å². The van der Waals surface area contributed by atoms with Gasteiger partial charge in [-0.3, -0.25) is 9.59 Å². The van der Waals surface area contributed by atoms with Crippen molar-refractivity contribution in [3.05, 3.63) is 70.1 Å². The molecule has 1 aliphatic rings. The second-order valence-corrected chi connectivity index (χ2v) is 6.64. The van der Waals surface area contributed by atoms with Crippen LogP contribution in [0.3, 0.4) is 0 Å². The summed E-state index contributed by atoms with van der Waals surface area (Å²) < 4.78 is 0.966. The van der Waals surface area contributed by atoms with Crippen LogP contribution in [0.2, 0.25) is 0 Å². The van der Waals surface area contributed by atoms with Crippen molar-refractivity contribution in [2.75, 3.05) is 0 Å².